The summed E-state index contributed by atoms with van der Waals surface area (Å²) in [6, 6.07) is 7.74. The van der Waals surface area contributed by atoms with Crippen molar-refractivity contribution in [2.24, 2.45) is 11.1 Å². The summed E-state index contributed by atoms with van der Waals surface area (Å²) in [5.41, 5.74) is 2.74. The van der Waals surface area contributed by atoms with Gasteiger partial charge in [-0.25, -0.2) is 0 Å². The van der Waals surface area contributed by atoms with Crippen molar-refractivity contribution in [3.05, 3.63) is 29.8 Å². The van der Waals surface area contributed by atoms with Crippen molar-refractivity contribution in [2.45, 2.75) is 20.3 Å². The molecule has 1 aliphatic heterocycles. The molecule has 0 saturated carbocycles. The Kier molecular flexibility index (Phi) is 4.74. The lowest BCUT2D eigenvalue weighted by atomic mass is 9.98. The van der Waals surface area contributed by atoms with E-state index in [9.17, 15) is 4.79 Å². The van der Waals surface area contributed by atoms with Gasteiger partial charge in [-0.15, -0.1) is 0 Å². The highest BCUT2D eigenvalue weighted by Gasteiger charge is 2.23. The summed E-state index contributed by atoms with van der Waals surface area (Å²) in [4.78, 5) is 14.1. The second-order valence-corrected chi connectivity index (χ2v) is 5.34. The number of nitrogens with one attached hydrogen (secondary N) is 1. The largest absolute Gasteiger partial charge is 0.411 e. The van der Waals surface area contributed by atoms with Crippen molar-refractivity contribution < 1.29 is 10.0 Å². The molecule has 5 heteroatoms. The van der Waals surface area contributed by atoms with Crippen LogP contribution in [0.5, 0.6) is 0 Å². The topological polar surface area (TPSA) is 64.9 Å². The summed E-state index contributed by atoms with van der Waals surface area (Å²) in [7, 11) is 0. The van der Waals surface area contributed by atoms with E-state index in [0.29, 0.717) is 6.54 Å². The zero-order valence-corrected chi connectivity index (χ0v) is 12.0. The Hall–Kier alpha value is -1.88. The number of rotatable bonds is 3. The first-order valence-corrected chi connectivity index (χ1v) is 6.89. The number of hydrogen-bond donors (Lipinski definition) is 2. The average Bonchev–Trinajstić information content (AvgIpc) is 2.41. The number of oxime groups is 1. The fourth-order valence-electron chi connectivity index (χ4n) is 2.50. The van der Waals surface area contributed by atoms with E-state index >= 15 is 0 Å². The normalized spacial score (nSPS) is 21.9. The number of piperidine rings is 1. The third kappa shape index (κ3) is 3.57. The van der Waals surface area contributed by atoms with Gasteiger partial charge in [0.2, 0.25) is 5.91 Å². The van der Waals surface area contributed by atoms with Crippen LogP contribution in [0.1, 0.15) is 18.9 Å². The lowest BCUT2D eigenvalue weighted by Gasteiger charge is -2.30. The molecule has 1 aromatic carbocycles. The lowest BCUT2D eigenvalue weighted by Crippen LogP contribution is -2.43. The smallest absolute Gasteiger partial charge is 0.238 e. The van der Waals surface area contributed by atoms with E-state index in [1.165, 1.54) is 0 Å². The molecule has 0 aliphatic carbocycles. The van der Waals surface area contributed by atoms with Crippen LogP contribution in [0.2, 0.25) is 0 Å². The lowest BCUT2D eigenvalue weighted by molar-refractivity contribution is -0.117. The van der Waals surface area contributed by atoms with Crippen LogP contribution in [0.25, 0.3) is 0 Å². The Balaban J connectivity index is 1.88. The van der Waals surface area contributed by atoms with Gasteiger partial charge in [-0.3, -0.25) is 9.69 Å². The van der Waals surface area contributed by atoms with E-state index < -0.39 is 0 Å². The molecular formula is C15H21N3O2. The molecule has 1 aliphatic rings. The van der Waals surface area contributed by atoms with Crippen LogP contribution >= 0.6 is 0 Å². The number of likely N-dealkylation sites (tertiary alicyclic amines) is 1. The molecule has 20 heavy (non-hydrogen) atoms. The van der Waals surface area contributed by atoms with Gasteiger partial charge in [0.1, 0.15) is 0 Å². The highest BCUT2D eigenvalue weighted by molar-refractivity contribution is 5.93. The maximum atomic E-state index is 12.1. The monoisotopic (exact) mass is 275 g/mol. The van der Waals surface area contributed by atoms with Crippen molar-refractivity contribution in [2.75, 3.05) is 25.0 Å². The first-order chi connectivity index (χ1) is 9.60. The Bertz CT molecular complexity index is 514. The number of hydrogen-bond acceptors (Lipinski definition) is 4. The Morgan fingerprint density at radius 2 is 2.25 bits per heavy atom. The molecule has 0 bridgehead atoms. The number of nitrogens with zero attached hydrogens (tertiary/aromatic N) is 2. The molecule has 2 N–H and O–H groups in total. The van der Waals surface area contributed by atoms with E-state index in [1.54, 1.807) is 0 Å². The molecule has 0 spiro atoms. The summed E-state index contributed by atoms with van der Waals surface area (Å²) >= 11 is 0. The van der Waals surface area contributed by atoms with Crippen molar-refractivity contribution in [1.82, 2.24) is 4.90 Å². The Labute approximate surface area is 119 Å². The first-order valence-electron chi connectivity index (χ1n) is 6.89. The van der Waals surface area contributed by atoms with Gasteiger partial charge >= 0.3 is 0 Å². The molecule has 1 aromatic rings. The van der Waals surface area contributed by atoms with Crippen LogP contribution < -0.4 is 5.32 Å². The molecule has 1 fully saturated rings. The van der Waals surface area contributed by atoms with Crippen molar-refractivity contribution >= 4 is 17.3 Å². The Morgan fingerprint density at radius 3 is 2.90 bits per heavy atom. The van der Waals surface area contributed by atoms with Crippen LogP contribution in [0.4, 0.5) is 5.69 Å². The number of carbonyl (C=O) groups is 1. The molecule has 0 aromatic heterocycles. The van der Waals surface area contributed by atoms with Gasteiger partial charge < -0.3 is 10.5 Å². The molecule has 0 radical (unpaired) electrons. The number of anilines is 1. The minimum atomic E-state index is -0.00381. The second kappa shape index (κ2) is 6.52. The number of para-hydroxylation sites is 1. The van der Waals surface area contributed by atoms with Crippen molar-refractivity contribution in [3.8, 4) is 0 Å². The van der Waals surface area contributed by atoms with Crippen LogP contribution in [0.15, 0.2) is 29.4 Å². The molecule has 2 rings (SSSR count). The Morgan fingerprint density at radius 1 is 1.50 bits per heavy atom. The van der Waals surface area contributed by atoms with Gasteiger partial charge in [0.25, 0.3) is 0 Å². The van der Waals surface area contributed by atoms with Gasteiger partial charge in [-0.2, -0.15) is 0 Å². The molecule has 1 unspecified atom stereocenters. The standard InChI is InChI=1S/C15H21N3O2/c1-11-5-3-4-6-13(11)16-15(19)10-18-8-7-14(17-20)12(2)9-18/h3-6,12,20H,7-10H2,1-2H3,(H,16,19)/b17-14+. The first kappa shape index (κ1) is 14.5. The fourth-order valence-corrected chi connectivity index (χ4v) is 2.50. The van der Waals surface area contributed by atoms with E-state index in [0.717, 1.165) is 36.5 Å². The molecule has 1 saturated heterocycles. The predicted molar refractivity (Wildman–Crippen MR) is 79.3 cm³/mol. The van der Waals surface area contributed by atoms with Crippen LogP contribution in [0, 0.1) is 12.8 Å². The van der Waals surface area contributed by atoms with Crippen molar-refractivity contribution in [3.63, 3.8) is 0 Å². The van der Waals surface area contributed by atoms with E-state index in [-0.39, 0.29) is 11.8 Å². The minimum absolute atomic E-state index is 0.00381. The van der Waals surface area contributed by atoms with Gasteiger partial charge in [-0.05, 0) is 18.6 Å². The van der Waals surface area contributed by atoms with E-state index in [4.69, 9.17) is 5.21 Å². The summed E-state index contributed by atoms with van der Waals surface area (Å²) < 4.78 is 0. The third-order valence-electron chi connectivity index (χ3n) is 3.70. The van der Waals surface area contributed by atoms with Gasteiger partial charge in [0.15, 0.2) is 0 Å². The predicted octanol–water partition coefficient (Wildman–Crippen LogP) is 2.11. The number of amides is 1. The van der Waals surface area contributed by atoms with Gasteiger partial charge in [-0.1, -0.05) is 30.3 Å². The van der Waals surface area contributed by atoms with Gasteiger partial charge in [0.05, 0.1) is 12.3 Å². The fraction of sp³-hybridized carbons (Fsp3) is 0.467. The number of carbonyl (C=O) groups excluding carboxylic acids is 1. The zero-order valence-electron chi connectivity index (χ0n) is 12.0. The van der Waals surface area contributed by atoms with E-state index in [1.807, 2.05) is 38.1 Å². The molecule has 5 nitrogen and oxygen atoms in total. The maximum absolute atomic E-state index is 12.1. The van der Waals surface area contributed by atoms with Crippen LogP contribution in [-0.4, -0.2) is 41.4 Å². The highest BCUT2D eigenvalue weighted by Crippen LogP contribution is 2.15. The molecule has 108 valence electrons. The van der Waals surface area contributed by atoms with Gasteiger partial charge in [0, 0.05) is 31.1 Å². The molecule has 1 amide bonds. The van der Waals surface area contributed by atoms with Crippen molar-refractivity contribution in [1.29, 1.82) is 0 Å². The van der Waals surface area contributed by atoms with E-state index in [2.05, 4.69) is 15.4 Å². The summed E-state index contributed by atoms with van der Waals surface area (Å²) in [5.74, 6) is 0.191. The molecule has 1 heterocycles. The third-order valence-corrected chi connectivity index (χ3v) is 3.70. The quantitative estimate of drug-likeness (QED) is 0.656. The summed E-state index contributed by atoms with van der Waals surface area (Å²) in [6.07, 6.45) is 0.718. The SMILES string of the molecule is Cc1ccccc1NC(=O)CN1CC/C(=N\O)C(C)C1. The van der Waals surface area contributed by atoms with Crippen LogP contribution in [-0.2, 0) is 4.79 Å². The minimum Gasteiger partial charge on any atom is -0.411 e. The maximum Gasteiger partial charge on any atom is 0.238 e. The zero-order chi connectivity index (χ0) is 14.5. The molecule has 1 atom stereocenters. The number of aryl methyl sites for hydroxylation is 1. The average molecular weight is 275 g/mol. The second-order valence-electron chi connectivity index (χ2n) is 5.34. The summed E-state index contributed by atoms with van der Waals surface area (Å²) in [6.45, 7) is 5.87. The highest BCUT2D eigenvalue weighted by atomic mass is 16.4. The molecular weight excluding hydrogens is 254 g/mol. The number of benzene rings is 1. The van der Waals surface area contributed by atoms with Crippen LogP contribution in [0.3, 0.4) is 0 Å². The summed E-state index contributed by atoms with van der Waals surface area (Å²) in [5, 5.41) is 15.1.